The van der Waals surface area contributed by atoms with Crippen LogP contribution in [0.4, 0.5) is 5.69 Å². The molecular weight excluding hydrogens is 330 g/mol. The van der Waals surface area contributed by atoms with Gasteiger partial charge in [0.05, 0.1) is 17.8 Å². The van der Waals surface area contributed by atoms with Gasteiger partial charge < -0.3 is 14.8 Å². The molecule has 1 heterocycles. The van der Waals surface area contributed by atoms with Crippen LogP contribution in [-0.4, -0.2) is 25.5 Å². The van der Waals surface area contributed by atoms with Crippen LogP contribution in [0.15, 0.2) is 41.5 Å². The Hall–Kier alpha value is -2.73. The Kier molecular flexibility index (Phi) is 4.86. The summed E-state index contributed by atoms with van der Waals surface area (Å²) in [5, 5.41) is 7.41. The lowest BCUT2D eigenvalue weighted by Crippen LogP contribution is -2.25. The van der Waals surface area contributed by atoms with Gasteiger partial charge in [-0.2, -0.15) is 5.10 Å². The molecule has 0 aromatic heterocycles. The van der Waals surface area contributed by atoms with Gasteiger partial charge in [0.2, 0.25) is 6.79 Å². The molecule has 124 valence electrons. The number of hydrogen-bond acceptors (Lipinski definition) is 5. The Morgan fingerprint density at radius 3 is 2.88 bits per heavy atom. The maximum atomic E-state index is 11.8. The van der Waals surface area contributed by atoms with Crippen LogP contribution in [-0.2, 0) is 4.79 Å². The first-order valence-electron chi connectivity index (χ1n) is 7.33. The topological polar surface area (TPSA) is 72.0 Å². The highest BCUT2D eigenvalue weighted by Gasteiger charge is 2.15. The fourth-order valence-electron chi connectivity index (χ4n) is 2.18. The molecule has 0 fully saturated rings. The summed E-state index contributed by atoms with van der Waals surface area (Å²) < 4.78 is 10.5. The zero-order valence-electron chi connectivity index (χ0n) is 13.0. The molecule has 6 nitrogen and oxygen atoms in total. The van der Waals surface area contributed by atoms with E-state index in [1.165, 1.54) is 6.21 Å². The quantitative estimate of drug-likeness (QED) is 0.645. The number of fused-ring (bicyclic) bond motifs is 1. The van der Waals surface area contributed by atoms with Gasteiger partial charge in [0.15, 0.2) is 11.5 Å². The number of halogens is 1. The van der Waals surface area contributed by atoms with Gasteiger partial charge in [0.25, 0.3) is 5.91 Å². The number of hydrazone groups is 1. The second-order valence-electron chi connectivity index (χ2n) is 5.24. The van der Waals surface area contributed by atoms with Gasteiger partial charge in [0, 0.05) is 17.3 Å². The summed E-state index contributed by atoms with van der Waals surface area (Å²) in [6.07, 6.45) is 1.47. The molecule has 1 aliphatic rings. The number of nitrogens with zero attached hydrogens (tertiary/aromatic N) is 1. The number of benzene rings is 2. The zero-order valence-corrected chi connectivity index (χ0v) is 13.8. The fourth-order valence-corrected chi connectivity index (χ4v) is 2.38. The Labute approximate surface area is 144 Å². The summed E-state index contributed by atoms with van der Waals surface area (Å²) in [5.41, 5.74) is 5.08. The van der Waals surface area contributed by atoms with Crippen molar-refractivity contribution in [1.29, 1.82) is 0 Å². The molecule has 0 radical (unpaired) electrons. The maximum absolute atomic E-state index is 11.8. The largest absolute Gasteiger partial charge is 0.454 e. The highest BCUT2D eigenvalue weighted by molar-refractivity contribution is 6.33. The molecule has 3 rings (SSSR count). The van der Waals surface area contributed by atoms with Crippen LogP contribution in [0.2, 0.25) is 5.02 Å². The number of hydrogen-bond donors (Lipinski definition) is 2. The summed E-state index contributed by atoms with van der Waals surface area (Å²) in [6, 6.07) is 11.1. The van der Waals surface area contributed by atoms with Gasteiger partial charge in [-0.3, -0.25) is 4.79 Å². The minimum Gasteiger partial charge on any atom is -0.454 e. The van der Waals surface area contributed by atoms with Gasteiger partial charge in [0.1, 0.15) is 0 Å². The minimum absolute atomic E-state index is 0.121. The first-order chi connectivity index (χ1) is 11.6. The predicted octanol–water partition coefficient (Wildman–Crippen LogP) is 2.94. The van der Waals surface area contributed by atoms with Gasteiger partial charge in [-0.25, -0.2) is 5.43 Å². The number of amides is 1. The molecule has 2 N–H and O–H groups in total. The van der Waals surface area contributed by atoms with Crippen molar-refractivity contribution in [2.75, 3.05) is 18.7 Å². The number of anilines is 1. The van der Waals surface area contributed by atoms with E-state index in [9.17, 15) is 4.79 Å². The molecule has 2 aromatic carbocycles. The standard InChI is InChI=1S/C17H16ClN3O3/c1-11-3-2-4-13(5-11)19-9-17(22)21-20-8-12-6-15-16(7-14(12)18)24-10-23-15/h2-8,19H,9-10H2,1H3,(H,21,22)/b20-8-. The van der Waals surface area contributed by atoms with Crippen molar-refractivity contribution in [1.82, 2.24) is 5.43 Å². The van der Waals surface area contributed by atoms with Crippen molar-refractivity contribution >= 4 is 29.4 Å². The average molecular weight is 346 g/mol. The van der Waals surface area contributed by atoms with E-state index >= 15 is 0 Å². The number of rotatable bonds is 5. The van der Waals surface area contributed by atoms with Gasteiger partial charge in [-0.15, -0.1) is 0 Å². The summed E-state index contributed by atoms with van der Waals surface area (Å²) in [5.74, 6) is 0.946. The van der Waals surface area contributed by atoms with E-state index in [1.807, 2.05) is 31.2 Å². The van der Waals surface area contributed by atoms with Crippen LogP contribution in [0.5, 0.6) is 11.5 Å². The van der Waals surface area contributed by atoms with E-state index in [0.29, 0.717) is 22.1 Å². The molecule has 0 saturated carbocycles. The lowest BCUT2D eigenvalue weighted by molar-refractivity contribution is -0.119. The second-order valence-corrected chi connectivity index (χ2v) is 5.65. The number of carbonyl (C=O) groups excluding carboxylic acids is 1. The summed E-state index contributed by atoms with van der Waals surface area (Å²) in [6.45, 7) is 2.29. The molecule has 1 aliphatic heterocycles. The Morgan fingerprint density at radius 2 is 2.08 bits per heavy atom. The second kappa shape index (κ2) is 7.23. The highest BCUT2D eigenvalue weighted by Crippen LogP contribution is 2.36. The third kappa shape index (κ3) is 3.97. The number of carbonyl (C=O) groups is 1. The summed E-state index contributed by atoms with van der Waals surface area (Å²) in [4.78, 5) is 11.8. The van der Waals surface area contributed by atoms with Crippen molar-refractivity contribution in [3.63, 3.8) is 0 Å². The van der Waals surface area contributed by atoms with Crippen molar-refractivity contribution < 1.29 is 14.3 Å². The van der Waals surface area contributed by atoms with Crippen LogP contribution in [0.1, 0.15) is 11.1 Å². The molecular formula is C17H16ClN3O3. The third-order valence-electron chi connectivity index (χ3n) is 3.36. The van der Waals surface area contributed by atoms with E-state index in [1.54, 1.807) is 12.1 Å². The zero-order chi connectivity index (χ0) is 16.9. The van der Waals surface area contributed by atoms with Crippen LogP contribution in [0, 0.1) is 6.92 Å². The van der Waals surface area contributed by atoms with Crippen molar-refractivity contribution in [2.24, 2.45) is 5.10 Å². The van der Waals surface area contributed by atoms with E-state index in [2.05, 4.69) is 15.8 Å². The molecule has 0 atom stereocenters. The van der Waals surface area contributed by atoms with Crippen LogP contribution >= 0.6 is 11.6 Å². The Bertz CT molecular complexity index is 793. The Morgan fingerprint density at radius 1 is 1.29 bits per heavy atom. The molecule has 0 unspecified atom stereocenters. The van der Waals surface area contributed by atoms with E-state index in [-0.39, 0.29) is 19.2 Å². The maximum Gasteiger partial charge on any atom is 0.259 e. The molecule has 0 aliphatic carbocycles. The molecule has 0 spiro atoms. The Balaban J connectivity index is 1.53. The van der Waals surface area contributed by atoms with Crippen LogP contribution in [0.25, 0.3) is 0 Å². The number of nitrogens with one attached hydrogen (secondary N) is 2. The first-order valence-corrected chi connectivity index (χ1v) is 7.71. The minimum atomic E-state index is -0.260. The predicted molar refractivity (Wildman–Crippen MR) is 93.0 cm³/mol. The average Bonchev–Trinajstić information content (AvgIpc) is 3.00. The van der Waals surface area contributed by atoms with Gasteiger partial charge in [-0.05, 0) is 30.7 Å². The molecule has 0 saturated heterocycles. The van der Waals surface area contributed by atoms with E-state index in [4.69, 9.17) is 21.1 Å². The van der Waals surface area contributed by atoms with E-state index in [0.717, 1.165) is 11.3 Å². The fraction of sp³-hybridized carbons (Fsp3) is 0.176. The summed E-state index contributed by atoms with van der Waals surface area (Å²) in [7, 11) is 0. The first kappa shape index (κ1) is 16.1. The molecule has 0 bridgehead atoms. The van der Waals surface area contributed by atoms with Crippen molar-refractivity contribution in [3.8, 4) is 11.5 Å². The normalized spacial score (nSPS) is 12.4. The van der Waals surface area contributed by atoms with Crippen LogP contribution in [0.3, 0.4) is 0 Å². The van der Waals surface area contributed by atoms with E-state index < -0.39 is 0 Å². The third-order valence-corrected chi connectivity index (χ3v) is 3.68. The van der Waals surface area contributed by atoms with Gasteiger partial charge >= 0.3 is 0 Å². The molecule has 7 heteroatoms. The number of aryl methyl sites for hydroxylation is 1. The molecule has 24 heavy (non-hydrogen) atoms. The smallest absolute Gasteiger partial charge is 0.259 e. The monoisotopic (exact) mass is 345 g/mol. The SMILES string of the molecule is Cc1cccc(NCC(=O)N/N=C\c2cc3c(cc2Cl)OCO3)c1. The summed E-state index contributed by atoms with van der Waals surface area (Å²) >= 11 is 6.13. The number of ether oxygens (including phenoxy) is 2. The van der Waals surface area contributed by atoms with Crippen LogP contribution < -0.4 is 20.2 Å². The lowest BCUT2D eigenvalue weighted by atomic mass is 10.2. The lowest BCUT2D eigenvalue weighted by Gasteiger charge is -2.06. The molecule has 1 amide bonds. The highest BCUT2D eigenvalue weighted by atomic mass is 35.5. The van der Waals surface area contributed by atoms with Crippen molar-refractivity contribution in [3.05, 3.63) is 52.5 Å². The van der Waals surface area contributed by atoms with Gasteiger partial charge in [-0.1, -0.05) is 23.7 Å². The molecule has 2 aromatic rings. The van der Waals surface area contributed by atoms with Crippen molar-refractivity contribution in [2.45, 2.75) is 6.92 Å².